The largest absolute Gasteiger partial charge is 0.380 e. The minimum Gasteiger partial charge on any atom is -0.380 e. The summed E-state index contributed by atoms with van der Waals surface area (Å²) in [6.07, 6.45) is 9.71. The molecule has 3 fully saturated rings. The van der Waals surface area contributed by atoms with Crippen molar-refractivity contribution in [3.63, 3.8) is 0 Å². The normalized spacial score (nSPS) is 26.7. The van der Waals surface area contributed by atoms with Gasteiger partial charge in [-0.15, -0.1) is 0 Å². The van der Waals surface area contributed by atoms with E-state index in [9.17, 15) is 9.59 Å². The van der Waals surface area contributed by atoms with E-state index in [2.05, 4.69) is 57.1 Å². The van der Waals surface area contributed by atoms with Crippen LogP contribution in [0.15, 0.2) is 34.1 Å². The van der Waals surface area contributed by atoms with Crippen LogP contribution in [-0.4, -0.2) is 31.6 Å². The molecule has 3 aliphatic rings. The number of rotatable bonds is 7. The number of nitrogens with zero attached hydrogens (tertiary/aromatic N) is 4. The van der Waals surface area contributed by atoms with Gasteiger partial charge in [0.15, 0.2) is 5.78 Å². The fourth-order valence-corrected chi connectivity index (χ4v) is 5.61. The number of fused-ring (bicyclic) bond motifs is 2. The number of nitrogens with one attached hydrogen (secondary N) is 1. The summed E-state index contributed by atoms with van der Waals surface area (Å²) in [5, 5.41) is 7.79. The molecule has 3 saturated carbocycles. The van der Waals surface area contributed by atoms with Crippen molar-refractivity contribution < 1.29 is 4.79 Å². The lowest BCUT2D eigenvalue weighted by Crippen LogP contribution is -2.58. The zero-order valence-corrected chi connectivity index (χ0v) is 19.2. The number of aryl methyl sites for hydroxylation is 1. The molecular weight excluding hydrogens is 446 g/mol. The van der Waals surface area contributed by atoms with Crippen molar-refractivity contribution in [1.82, 2.24) is 19.7 Å². The van der Waals surface area contributed by atoms with Gasteiger partial charge in [-0.25, -0.2) is 4.68 Å². The maximum atomic E-state index is 12.7. The fourth-order valence-electron chi connectivity index (χ4n) is 5.19. The van der Waals surface area contributed by atoms with Crippen molar-refractivity contribution in [2.24, 2.45) is 23.2 Å². The first-order valence-corrected chi connectivity index (χ1v) is 11.4. The Hall–Kier alpha value is -2.09. The molecule has 2 aromatic rings. The van der Waals surface area contributed by atoms with E-state index in [0.717, 1.165) is 18.0 Å². The van der Waals surface area contributed by atoms with E-state index < -0.39 is 0 Å². The number of hydrogen-bond donors (Lipinski definition) is 1. The van der Waals surface area contributed by atoms with Gasteiger partial charge in [-0.2, -0.15) is 5.10 Å². The molecule has 160 valence electrons. The summed E-state index contributed by atoms with van der Waals surface area (Å²) >= 11 is 3.43. The number of halogens is 1. The Morgan fingerprint density at radius 2 is 2.10 bits per heavy atom. The van der Waals surface area contributed by atoms with Crippen molar-refractivity contribution in [2.75, 3.05) is 5.32 Å². The van der Waals surface area contributed by atoms with E-state index in [0.29, 0.717) is 46.3 Å². The summed E-state index contributed by atoms with van der Waals surface area (Å²) in [5.74, 6) is 1.93. The van der Waals surface area contributed by atoms with Gasteiger partial charge in [-0.3, -0.25) is 19.6 Å². The van der Waals surface area contributed by atoms with Crippen molar-refractivity contribution in [3.8, 4) is 0 Å². The number of carbonyl (C=O) groups is 1. The van der Waals surface area contributed by atoms with Gasteiger partial charge >= 0.3 is 0 Å². The number of aromatic nitrogens is 4. The summed E-state index contributed by atoms with van der Waals surface area (Å²) in [4.78, 5) is 33.2. The molecule has 2 bridgehead atoms. The zero-order chi connectivity index (χ0) is 21.5. The molecule has 0 amide bonds. The fraction of sp³-hybridized carbons (Fsp3) is 0.591. The first-order valence-electron chi connectivity index (χ1n) is 10.6. The molecule has 0 unspecified atom stereocenters. The number of hydrogen-bond acceptors (Lipinski definition) is 6. The molecule has 0 aromatic carbocycles. The van der Waals surface area contributed by atoms with Crippen LogP contribution in [0.3, 0.4) is 0 Å². The Balaban J connectivity index is 1.39. The molecule has 0 aliphatic heterocycles. The smallest absolute Gasteiger partial charge is 0.283 e. The van der Waals surface area contributed by atoms with Gasteiger partial charge in [-0.05, 0) is 58.4 Å². The van der Waals surface area contributed by atoms with Crippen LogP contribution in [0.1, 0.15) is 45.7 Å². The standard InChI is InChI=1S/C22H28BrN5O2/c1-13-17-8-14(22(17,2)3)9-18(13)27-19-11-26-28(21(30)20(19)23)12-16(29)5-4-15-10-24-6-7-25-15/h6-7,10-11,13-14,17-18,27H,4-5,8-9,12H2,1-3H3/t13-,14+,17-,18-/m1/s1. The minimum atomic E-state index is -0.290. The zero-order valence-electron chi connectivity index (χ0n) is 17.6. The Labute approximate surface area is 184 Å². The molecule has 30 heavy (non-hydrogen) atoms. The highest BCUT2D eigenvalue weighted by molar-refractivity contribution is 9.10. The highest BCUT2D eigenvalue weighted by Crippen LogP contribution is 2.61. The number of carbonyl (C=O) groups excluding carboxylic acids is 1. The molecule has 7 nitrogen and oxygen atoms in total. The lowest BCUT2D eigenvalue weighted by Gasteiger charge is -2.62. The SMILES string of the molecule is C[C@@H]1[C@H]2C[C@@H](C[C@H]1Nc1cnn(CC(=O)CCc3cnccn3)c(=O)c1Br)C2(C)C. The molecule has 0 radical (unpaired) electrons. The summed E-state index contributed by atoms with van der Waals surface area (Å²) in [6.45, 7) is 7.01. The Morgan fingerprint density at radius 1 is 1.30 bits per heavy atom. The Kier molecular flexibility index (Phi) is 5.79. The number of Topliss-reactive ketones (excluding diaryl/α,β-unsaturated/α-hetero) is 1. The van der Waals surface area contributed by atoms with E-state index >= 15 is 0 Å². The van der Waals surface area contributed by atoms with E-state index in [1.165, 1.54) is 11.1 Å². The van der Waals surface area contributed by atoms with Crippen molar-refractivity contribution in [3.05, 3.63) is 45.3 Å². The van der Waals surface area contributed by atoms with Gasteiger partial charge in [0.1, 0.15) is 11.0 Å². The van der Waals surface area contributed by atoms with Crippen LogP contribution in [-0.2, 0) is 17.8 Å². The molecule has 8 heteroatoms. The molecule has 5 rings (SSSR count). The highest BCUT2D eigenvalue weighted by atomic mass is 79.9. The maximum absolute atomic E-state index is 12.7. The second-order valence-electron chi connectivity index (χ2n) is 9.28. The van der Waals surface area contributed by atoms with Crippen LogP contribution in [0, 0.1) is 23.2 Å². The lowest BCUT2D eigenvalue weighted by molar-refractivity contribution is -0.119. The molecule has 2 heterocycles. The molecule has 3 aliphatic carbocycles. The van der Waals surface area contributed by atoms with Crippen molar-refractivity contribution in [2.45, 2.75) is 59.0 Å². The second kappa shape index (κ2) is 8.21. The van der Waals surface area contributed by atoms with Gasteiger partial charge in [0.25, 0.3) is 5.56 Å². The van der Waals surface area contributed by atoms with Gasteiger partial charge in [0.2, 0.25) is 0 Å². The lowest BCUT2D eigenvalue weighted by atomic mass is 9.45. The third-order valence-corrected chi connectivity index (χ3v) is 8.05. The van der Waals surface area contributed by atoms with Crippen LogP contribution >= 0.6 is 15.9 Å². The van der Waals surface area contributed by atoms with Crippen molar-refractivity contribution in [1.29, 1.82) is 0 Å². The minimum absolute atomic E-state index is 0.0455. The predicted octanol–water partition coefficient (Wildman–Crippen LogP) is 3.48. The predicted molar refractivity (Wildman–Crippen MR) is 118 cm³/mol. The van der Waals surface area contributed by atoms with E-state index in [1.807, 2.05) is 0 Å². The average molecular weight is 474 g/mol. The van der Waals surface area contributed by atoms with Gasteiger partial charge in [0.05, 0.1) is 17.6 Å². The number of anilines is 1. The van der Waals surface area contributed by atoms with Crippen LogP contribution < -0.4 is 10.9 Å². The number of ketones is 1. The Bertz CT molecular complexity index is 991. The monoisotopic (exact) mass is 473 g/mol. The summed E-state index contributed by atoms with van der Waals surface area (Å²) in [6, 6.07) is 0.337. The third kappa shape index (κ3) is 3.94. The molecular formula is C22H28BrN5O2. The molecule has 4 atom stereocenters. The van der Waals surface area contributed by atoms with E-state index in [-0.39, 0.29) is 17.9 Å². The van der Waals surface area contributed by atoms with Gasteiger partial charge in [-0.1, -0.05) is 20.8 Å². The highest BCUT2D eigenvalue weighted by Gasteiger charge is 2.56. The van der Waals surface area contributed by atoms with Gasteiger partial charge in [0, 0.05) is 31.1 Å². The van der Waals surface area contributed by atoms with Crippen molar-refractivity contribution >= 4 is 27.4 Å². The van der Waals surface area contributed by atoms with Crippen LogP contribution in [0.4, 0.5) is 5.69 Å². The summed E-state index contributed by atoms with van der Waals surface area (Å²) < 4.78 is 1.66. The topological polar surface area (TPSA) is 89.8 Å². The molecule has 0 saturated heterocycles. The van der Waals surface area contributed by atoms with Crippen LogP contribution in [0.25, 0.3) is 0 Å². The quantitative estimate of drug-likeness (QED) is 0.661. The first-order chi connectivity index (χ1) is 14.3. The summed E-state index contributed by atoms with van der Waals surface area (Å²) in [5.41, 5.74) is 1.60. The van der Waals surface area contributed by atoms with E-state index in [4.69, 9.17) is 0 Å². The van der Waals surface area contributed by atoms with Crippen LogP contribution in [0.2, 0.25) is 0 Å². The molecule has 2 aromatic heterocycles. The van der Waals surface area contributed by atoms with Gasteiger partial charge < -0.3 is 5.32 Å². The molecule has 0 spiro atoms. The molecule has 1 N–H and O–H groups in total. The maximum Gasteiger partial charge on any atom is 0.283 e. The first kappa shape index (κ1) is 21.2. The van der Waals surface area contributed by atoms with E-state index in [1.54, 1.807) is 24.8 Å². The average Bonchev–Trinajstić information content (AvgIpc) is 2.73. The Morgan fingerprint density at radius 3 is 2.77 bits per heavy atom. The summed E-state index contributed by atoms with van der Waals surface area (Å²) in [7, 11) is 0. The van der Waals surface area contributed by atoms with Crippen LogP contribution in [0.5, 0.6) is 0 Å². The third-order valence-electron chi connectivity index (χ3n) is 7.28. The second-order valence-corrected chi connectivity index (χ2v) is 10.1.